The molecule has 3 rings (SSSR count). The van der Waals surface area contributed by atoms with Crippen molar-refractivity contribution in [3.8, 4) is 0 Å². The van der Waals surface area contributed by atoms with Crippen molar-refractivity contribution in [2.75, 3.05) is 11.6 Å². The van der Waals surface area contributed by atoms with E-state index in [4.69, 9.17) is 0 Å². The van der Waals surface area contributed by atoms with E-state index in [1.165, 1.54) is 0 Å². The van der Waals surface area contributed by atoms with E-state index in [0.717, 1.165) is 21.5 Å². The van der Waals surface area contributed by atoms with Gasteiger partial charge in [0.15, 0.2) is 5.69 Å². The van der Waals surface area contributed by atoms with Crippen LogP contribution < -0.4 is 5.32 Å². The second kappa shape index (κ2) is 5.38. The number of H-pyrrole nitrogens is 1. The quantitative estimate of drug-likeness (QED) is 0.723. The fraction of sp³-hybridized carbons (Fsp3) is 0.0667. The molecule has 1 amide bonds. The molecule has 0 aliphatic heterocycles. The van der Waals surface area contributed by atoms with Crippen LogP contribution in [0.4, 0.5) is 5.69 Å². The van der Waals surface area contributed by atoms with Gasteiger partial charge >= 0.3 is 0 Å². The molecular formula is C15H13N3OS. The van der Waals surface area contributed by atoms with Gasteiger partial charge in [0.1, 0.15) is 0 Å². The first-order valence-electron chi connectivity index (χ1n) is 6.17. The first kappa shape index (κ1) is 12.7. The van der Waals surface area contributed by atoms with Gasteiger partial charge in [-0.3, -0.25) is 9.89 Å². The maximum absolute atomic E-state index is 12.4. The molecule has 2 N–H and O–H groups in total. The molecule has 1 aromatic heterocycles. The third-order valence-corrected chi connectivity index (χ3v) is 3.84. The van der Waals surface area contributed by atoms with E-state index in [9.17, 15) is 4.79 Å². The molecule has 4 nitrogen and oxygen atoms in total. The molecule has 0 unspecified atom stereocenters. The van der Waals surface area contributed by atoms with E-state index < -0.39 is 0 Å². The van der Waals surface area contributed by atoms with E-state index >= 15 is 0 Å². The van der Waals surface area contributed by atoms with Gasteiger partial charge < -0.3 is 5.32 Å². The Morgan fingerprint density at radius 1 is 1.15 bits per heavy atom. The van der Waals surface area contributed by atoms with Crippen LogP contribution >= 0.6 is 11.8 Å². The Labute approximate surface area is 120 Å². The molecule has 0 atom stereocenters. The molecule has 3 aromatic rings. The fourth-order valence-corrected chi connectivity index (χ4v) is 2.62. The number of anilines is 1. The van der Waals surface area contributed by atoms with Gasteiger partial charge in [-0.2, -0.15) is 5.10 Å². The molecule has 5 heteroatoms. The molecule has 0 bridgehead atoms. The van der Waals surface area contributed by atoms with Gasteiger partial charge in [-0.15, -0.1) is 11.8 Å². The largest absolute Gasteiger partial charge is 0.320 e. The molecule has 0 spiro atoms. The Hall–Kier alpha value is -2.27. The van der Waals surface area contributed by atoms with Crippen molar-refractivity contribution >= 4 is 34.3 Å². The van der Waals surface area contributed by atoms with Crippen LogP contribution in [-0.4, -0.2) is 22.4 Å². The van der Waals surface area contributed by atoms with Crippen molar-refractivity contribution in [3.63, 3.8) is 0 Å². The summed E-state index contributed by atoms with van der Waals surface area (Å²) >= 11 is 1.60. The predicted molar refractivity (Wildman–Crippen MR) is 82.3 cm³/mol. The molecule has 0 saturated heterocycles. The molecule has 0 aliphatic carbocycles. The fourth-order valence-electron chi connectivity index (χ4n) is 2.07. The number of aromatic nitrogens is 2. The Balaban J connectivity index is 1.93. The molecule has 0 fully saturated rings. The van der Waals surface area contributed by atoms with Gasteiger partial charge in [0.25, 0.3) is 5.91 Å². The minimum atomic E-state index is -0.205. The van der Waals surface area contributed by atoms with Gasteiger partial charge in [-0.25, -0.2) is 0 Å². The van der Waals surface area contributed by atoms with Crippen LogP contribution in [0.5, 0.6) is 0 Å². The first-order chi connectivity index (χ1) is 9.79. The van der Waals surface area contributed by atoms with Crippen molar-refractivity contribution < 1.29 is 4.79 Å². The summed E-state index contributed by atoms with van der Waals surface area (Å²) in [5.41, 5.74) is 2.07. The van der Waals surface area contributed by atoms with Crippen LogP contribution in [-0.2, 0) is 0 Å². The molecule has 1 heterocycles. The lowest BCUT2D eigenvalue weighted by atomic mass is 10.2. The Morgan fingerprint density at radius 2 is 1.90 bits per heavy atom. The first-order valence-corrected chi connectivity index (χ1v) is 7.39. The maximum Gasteiger partial charge on any atom is 0.276 e. The number of hydrogen-bond acceptors (Lipinski definition) is 3. The lowest BCUT2D eigenvalue weighted by molar-refractivity contribution is 0.102. The second-order valence-corrected chi connectivity index (χ2v) is 5.12. The number of rotatable bonds is 3. The predicted octanol–water partition coefficient (Wildman–Crippen LogP) is 3.54. The standard InChI is InChI=1S/C15H13N3OS/c1-20-13-9-5-4-8-12(13)16-15(19)14-10-6-2-3-7-11(10)17-18-14/h2-9H,1H3,(H,16,19)(H,17,18). The van der Waals surface area contributed by atoms with Crippen LogP contribution in [0.15, 0.2) is 53.4 Å². The summed E-state index contributed by atoms with van der Waals surface area (Å²) in [6.07, 6.45) is 1.98. The summed E-state index contributed by atoms with van der Waals surface area (Å²) < 4.78 is 0. The normalized spacial score (nSPS) is 10.7. The van der Waals surface area contributed by atoms with Crippen molar-refractivity contribution in [1.29, 1.82) is 0 Å². The highest BCUT2D eigenvalue weighted by Gasteiger charge is 2.14. The Kier molecular flexibility index (Phi) is 3.43. The number of para-hydroxylation sites is 2. The smallest absolute Gasteiger partial charge is 0.276 e. The number of hydrogen-bond donors (Lipinski definition) is 2. The molecule has 100 valence electrons. The highest BCUT2D eigenvalue weighted by Crippen LogP contribution is 2.25. The van der Waals surface area contributed by atoms with E-state index in [-0.39, 0.29) is 5.91 Å². The zero-order chi connectivity index (χ0) is 13.9. The summed E-state index contributed by atoms with van der Waals surface area (Å²) in [6, 6.07) is 15.3. The molecule has 2 aromatic carbocycles. The number of benzene rings is 2. The van der Waals surface area contributed by atoms with Gasteiger partial charge in [-0.1, -0.05) is 30.3 Å². The van der Waals surface area contributed by atoms with Crippen molar-refractivity contribution in [2.45, 2.75) is 4.90 Å². The van der Waals surface area contributed by atoms with Crippen LogP contribution in [0.3, 0.4) is 0 Å². The van der Waals surface area contributed by atoms with Crippen LogP contribution in [0.25, 0.3) is 10.9 Å². The van der Waals surface area contributed by atoms with Crippen LogP contribution in [0, 0.1) is 0 Å². The lowest BCUT2D eigenvalue weighted by Crippen LogP contribution is -2.13. The minimum Gasteiger partial charge on any atom is -0.320 e. The van der Waals surface area contributed by atoms with Gasteiger partial charge in [-0.05, 0) is 24.5 Å². The molecule has 0 saturated carbocycles. The Morgan fingerprint density at radius 3 is 2.75 bits per heavy atom. The summed E-state index contributed by atoms with van der Waals surface area (Å²) in [5, 5.41) is 10.7. The number of fused-ring (bicyclic) bond motifs is 1. The van der Waals surface area contributed by atoms with Crippen LogP contribution in [0.2, 0.25) is 0 Å². The number of nitrogens with zero attached hydrogens (tertiary/aromatic N) is 1. The average Bonchev–Trinajstić information content (AvgIpc) is 2.92. The summed E-state index contributed by atoms with van der Waals surface area (Å²) in [5.74, 6) is -0.205. The molecule has 0 aliphatic rings. The zero-order valence-corrected chi connectivity index (χ0v) is 11.7. The third-order valence-electron chi connectivity index (χ3n) is 3.04. The number of carbonyl (C=O) groups is 1. The van der Waals surface area contributed by atoms with Crippen molar-refractivity contribution in [2.24, 2.45) is 0 Å². The maximum atomic E-state index is 12.4. The van der Waals surface area contributed by atoms with Crippen molar-refractivity contribution in [3.05, 3.63) is 54.2 Å². The lowest BCUT2D eigenvalue weighted by Gasteiger charge is -2.07. The summed E-state index contributed by atoms with van der Waals surface area (Å²) in [7, 11) is 0. The third kappa shape index (κ3) is 2.28. The highest BCUT2D eigenvalue weighted by molar-refractivity contribution is 7.98. The zero-order valence-electron chi connectivity index (χ0n) is 10.9. The van der Waals surface area contributed by atoms with E-state index in [1.807, 2.05) is 54.8 Å². The number of thioether (sulfide) groups is 1. The highest BCUT2D eigenvalue weighted by atomic mass is 32.2. The SMILES string of the molecule is CSc1ccccc1NC(=O)c1n[nH]c2ccccc12. The van der Waals surface area contributed by atoms with Crippen LogP contribution in [0.1, 0.15) is 10.5 Å². The van der Waals surface area contributed by atoms with E-state index in [2.05, 4.69) is 15.5 Å². The number of carbonyl (C=O) groups excluding carboxylic acids is 1. The molecule has 0 radical (unpaired) electrons. The molecular weight excluding hydrogens is 270 g/mol. The second-order valence-electron chi connectivity index (χ2n) is 4.27. The number of aromatic amines is 1. The van der Waals surface area contributed by atoms with E-state index in [1.54, 1.807) is 11.8 Å². The van der Waals surface area contributed by atoms with Gasteiger partial charge in [0.2, 0.25) is 0 Å². The van der Waals surface area contributed by atoms with Gasteiger partial charge in [0.05, 0.1) is 11.2 Å². The Bertz CT molecular complexity index is 766. The minimum absolute atomic E-state index is 0.205. The van der Waals surface area contributed by atoms with Crippen molar-refractivity contribution in [1.82, 2.24) is 10.2 Å². The topological polar surface area (TPSA) is 57.8 Å². The monoisotopic (exact) mass is 283 g/mol. The number of nitrogens with one attached hydrogen (secondary N) is 2. The number of amides is 1. The summed E-state index contributed by atoms with van der Waals surface area (Å²) in [4.78, 5) is 13.4. The van der Waals surface area contributed by atoms with Gasteiger partial charge in [0, 0.05) is 10.3 Å². The van der Waals surface area contributed by atoms with E-state index in [0.29, 0.717) is 5.69 Å². The average molecular weight is 283 g/mol. The molecule has 20 heavy (non-hydrogen) atoms. The summed E-state index contributed by atoms with van der Waals surface area (Å²) in [6.45, 7) is 0.